The maximum absolute atomic E-state index is 13.5. The van der Waals surface area contributed by atoms with Crippen molar-refractivity contribution in [3.8, 4) is 0 Å². The van der Waals surface area contributed by atoms with Crippen molar-refractivity contribution < 1.29 is 45.4 Å². The van der Waals surface area contributed by atoms with Gasteiger partial charge in [-0.25, -0.2) is 9.79 Å². The third kappa shape index (κ3) is 5.65. The Balaban J connectivity index is 3.78. The van der Waals surface area contributed by atoms with Crippen molar-refractivity contribution in [2.24, 2.45) is 16.8 Å². The van der Waals surface area contributed by atoms with E-state index in [1.54, 1.807) is 6.26 Å². The van der Waals surface area contributed by atoms with E-state index in [1.807, 2.05) is 0 Å². The second-order valence-electron chi connectivity index (χ2n) is 5.59. The Bertz CT molecular complexity index is 657. The minimum Gasteiger partial charge on any atom is -0.465 e. The summed E-state index contributed by atoms with van der Waals surface area (Å²) in [4.78, 5) is 27.2. The van der Waals surface area contributed by atoms with Crippen LogP contribution in [0.2, 0.25) is 0 Å². The molecule has 0 aromatic heterocycles. The van der Waals surface area contributed by atoms with Gasteiger partial charge in [-0.3, -0.25) is 4.79 Å². The molecule has 2 unspecified atom stereocenters. The summed E-state index contributed by atoms with van der Waals surface area (Å²) in [5, 5.41) is 0. The van der Waals surface area contributed by atoms with E-state index in [-0.39, 0.29) is 25.4 Å². The number of hydrogen-bond donors (Lipinski definition) is 0. The van der Waals surface area contributed by atoms with E-state index in [4.69, 9.17) is 0 Å². The molecular formula is C16H19F6NO4S. The lowest BCUT2D eigenvalue weighted by Crippen LogP contribution is -2.46. The summed E-state index contributed by atoms with van der Waals surface area (Å²) in [6.45, 7) is 2.08. The van der Waals surface area contributed by atoms with Gasteiger partial charge >= 0.3 is 24.3 Å². The number of nitrogens with zero attached hydrogens (tertiary/aromatic N) is 1. The molecule has 0 aromatic carbocycles. The Morgan fingerprint density at radius 2 is 1.61 bits per heavy atom. The van der Waals surface area contributed by atoms with Crippen molar-refractivity contribution in [1.82, 2.24) is 0 Å². The lowest BCUT2D eigenvalue weighted by atomic mass is 9.77. The summed E-state index contributed by atoms with van der Waals surface area (Å²) in [5.74, 6) is -6.69. The standard InChI is InChI=1S/C16H19F6NO4S/c1-4-26-13(24)9-8(6-7-28-3)10(14(25)27-5-2)12(16(20,21)22)23-11(9)15(17,18)19/h8-9H,4-7H2,1-3H3. The minimum atomic E-state index is -5.35. The molecule has 0 fully saturated rings. The number of aliphatic imine (C=N–C) groups is 1. The van der Waals surface area contributed by atoms with Crippen LogP contribution in [0.4, 0.5) is 26.3 Å². The number of carbonyl (C=O) groups excluding carboxylic acids is 2. The molecule has 0 saturated heterocycles. The summed E-state index contributed by atoms with van der Waals surface area (Å²) in [6.07, 6.45) is -9.41. The summed E-state index contributed by atoms with van der Waals surface area (Å²) >= 11 is 1.14. The molecule has 0 aromatic rings. The highest BCUT2D eigenvalue weighted by molar-refractivity contribution is 7.98. The van der Waals surface area contributed by atoms with Gasteiger partial charge in [0.2, 0.25) is 0 Å². The predicted molar refractivity (Wildman–Crippen MR) is 89.8 cm³/mol. The van der Waals surface area contributed by atoms with E-state index < -0.39 is 53.1 Å². The fourth-order valence-corrected chi connectivity index (χ4v) is 3.25. The molecule has 1 rings (SSSR count). The van der Waals surface area contributed by atoms with Crippen molar-refractivity contribution in [3.63, 3.8) is 0 Å². The molecule has 5 nitrogen and oxygen atoms in total. The third-order valence-corrected chi connectivity index (χ3v) is 4.43. The normalized spacial score (nSPS) is 20.7. The van der Waals surface area contributed by atoms with Gasteiger partial charge in [0.05, 0.1) is 18.8 Å². The molecule has 0 spiro atoms. The molecule has 2 atom stereocenters. The minimum absolute atomic E-state index is 0.0970. The fraction of sp³-hybridized carbons (Fsp3) is 0.688. The Kier molecular flexibility index (Phi) is 8.39. The first kappa shape index (κ1) is 24.3. The highest BCUT2D eigenvalue weighted by Crippen LogP contribution is 2.44. The van der Waals surface area contributed by atoms with Gasteiger partial charge in [0.1, 0.15) is 11.6 Å². The Labute approximate surface area is 161 Å². The molecule has 0 amide bonds. The van der Waals surface area contributed by atoms with Crippen LogP contribution >= 0.6 is 11.8 Å². The van der Waals surface area contributed by atoms with Crippen LogP contribution in [0.5, 0.6) is 0 Å². The van der Waals surface area contributed by atoms with Gasteiger partial charge in [0, 0.05) is 5.92 Å². The first-order valence-corrected chi connectivity index (χ1v) is 9.59. The van der Waals surface area contributed by atoms with Crippen LogP contribution in [0.3, 0.4) is 0 Å². The number of hydrogen-bond acceptors (Lipinski definition) is 6. The van der Waals surface area contributed by atoms with E-state index in [0.29, 0.717) is 0 Å². The molecule has 0 aliphatic carbocycles. The van der Waals surface area contributed by atoms with Crippen molar-refractivity contribution in [2.45, 2.75) is 32.6 Å². The lowest BCUT2D eigenvalue weighted by Gasteiger charge is -2.33. The van der Waals surface area contributed by atoms with E-state index in [2.05, 4.69) is 14.5 Å². The molecule has 0 radical (unpaired) electrons. The van der Waals surface area contributed by atoms with E-state index in [0.717, 1.165) is 11.8 Å². The highest BCUT2D eigenvalue weighted by Gasteiger charge is 2.56. The number of thioether (sulfide) groups is 1. The average molecular weight is 435 g/mol. The van der Waals surface area contributed by atoms with Gasteiger partial charge in [-0.05, 0) is 32.3 Å². The third-order valence-electron chi connectivity index (χ3n) is 3.78. The zero-order valence-electron chi connectivity index (χ0n) is 15.2. The van der Waals surface area contributed by atoms with Crippen molar-refractivity contribution >= 4 is 29.4 Å². The zero-order valence-corrected chi connectivity index (χ0v) is 16.1. The fourth-order valence-electron chi connectivity index (χ4n) is 2.76. The number of alkyl halides is 6. The first-order chi connectivity index (χ1) is 12.9. The van der Waals surface area contributed by atoms with Crippen LogP contribution < -0.4 is 0 Å². The predicted octanol–water partition coefficient (Wildman–Crippen LogP) is 3.93. The van der Waals surface area contributed by atoms with E-state index in [1.165, 1.54) is 13.8 Å². The van der Waals surface area contributed by atoms with Crippen molar-refractivity contribution in [3.05, 3.63) is 11.3 Å². The molecule has 12 heteroatoms. The summed E-state index contributed by atoms with van der Waals surface area (Å²) in [5.41, 5.74) is -5.02. The van der Waals surface area contributed by atoms with Gasteiger partial charge in [-0.15, -0.1) is 0 Å². The molecule has 1 heterocycles. The SMILES string of the molecule is CCOC(=O)C1=C(C(F)(F)F)N=C(C(F)(F)F)C(C(=O)OCC)C1CCSC. The molecule has 0 saturated carbocycles. The molecule has 1 aliphatic heterocycles. The number of halogens is 6. The first-order valence-electron chi connectivity index (χ1n) is 8.19. The zero-order chi connectivity index (χ0) is 21.7. The largest absolute Gasteiger partial charge is 0.465 e. The average Bonchev–Trinajstić information content (AvgIpc) is 2.57. The van der Waals surface area contributed by atoms with Gasteiger partial charge in [-0.1, -0.05) is 0 Å². The number of ether oxygens (including phenoxy) is 2. The van der Waals surface area contributed by atoms with Crippen LogP contribution in [-0.2, 0) is 19.1 Å². The summed E-state index contributed by atoms with van der Waals surface area (Å²) in [7, 11) is 0. The van der Waals surface area contributed by atoms with Gasteiger partial charge < -0.3 is 9.47 Å². The molecule has 1 aliphatic rings. The number of carbonyl (C=O) groups is 2. The van der Waals surface area contributed by atoms with Crippen LogP contribution in [0.1, 0.15) is 20.3 Å². The Hall–Kier alpha value is -1.72. The number of allylic oxidation sites excluding steroid dienone is 1. The smallest absolute Gasteiger partial charge is 0.433 e. The molecule has 0 bridgehead atoms. The maximum Gasteiger partial charge on any atom is 0.433 e. The van der Waals surface area contributed by atoms with E-state index >= 15 is 0 Å². The summed E-state index contributed by atoms with van der Waals surface area (Å²) < 4.78 is 90.1. The van der Waals surface area contributed by atoms with Gasteiger partial charge in [-0.2, -0.15) is 38.1 Å². The molecule has 28 heavy (non-hydrogen) atoms. The van der Waals surface area contributed by atoms with Crippen LogP contribution in [-0.4, -0.2) is 55.2 Å². The Morgan fingerprint density at radius 3 is 2.04 bits per heavy atom. The topological polar surface area (TPSA) is 65.0 Å². The maximum atomic E-state index is 13.5. The monoisotopic (exact) mass is 435 g/mol. The summed E-state index contributed by atoms with van der Waals surface area (Å²) in [6, 6.07) is 0. The number of esters is 2. The van der Waals surface area contributed by atoms with E-state index in [9.17, 15) is 35.9 Å². The molecule has 0 N–H and O–H groups in total. The van der Waals surface area contributed by atoms with Crippen molar-refractivity contribution in [1.29, 1.82) is 0 Å². The quantitative estimate of drug-likeness (QED) is 0.448. The van der Waals surface area contributed by atoms with Gasteiger partial charge in [0.25, 0.3) is 0 Å². The molecular weight excluding hydrogens is 416 g/mol. The number of rotatable bonds is 7. The highest BCUT2D eigenvalue weighted by atomic mass is 32.2. The lowest BCUT2D eigenvalue weighted by molar-refractivity contribution is -0.150. The van der Waals surface area contributed by atoms with Crippen LogP contribution in [0, 0.1) is 11.8 Å². The van der Waals surface area contributed by atoms with Crippen molar-refractivity contribution in [2.75, 3.05) is 25.2 Å². The second-order valence-corrected chi connectivity index (χ2v) is 6.58. The molecule has 160 valence electrons. The Morgan fingerprint density at radius 1 is 1.04 bits per heavy atom. The van der Waals surface area contributed by atoms with Gasteiger partial charge in [0.15, 0.2) is 5.70 Å². The van der Waals surface area contributed by atoms with Crippen LogP contribution in [0.15, 0.2) is 16.3 Å². The van der Waals surface area contributed by atoms with Crippen LogP contribution in [0.25, 0.3) is 0 Å². The second kappa shape index (κ2) is 9.66.